The van der Waals surface area contributed by atoms with Gasteiger partial charge in [0.05, 0.1) is 0 Å². The summed E-state index contributed by atoms with van der Waals surface area (Å²) >= 11 is 0. The third-order valence-electron chi connectivity index (χ3n) is 4.25. The summed E-state index contributed by atoms with van der Waals surface area (Å²) < 4.78 is 5.79. The Bertz CT molecular complexity index is 745. The number of rotatable bonds is 11. The van der Waals surface area contributed by atoms with Crippen molar-refractivity contribution in [3.63, 3.8) is 0 Å². The minimum Gasteiger partial charge on any atom is -0.457 e. The number of carbonyl (C=O) groups is 2. The highest BCUT2D eigenvalue weighted by molar-refractivity contribution is 5.90. The molecule has 5 heteroatoms. The van der Waals surface area contributed by atoms with E-state index < -0.39 is 0 Å². The predicted octanol–water partition coefficient (Wildman–Crippen LogP) is 5.14. The van der Waals surface area contributed by atoms with E-state index in [0.717, 1.165) is 37.1 Å². The van der Waals surface area contributed by atoms with Crippen LogP contribution in [0.5, 0.6) is 11.5 Å². The Morgan fingerprint density at radius 2 is 1.61 bits per heavy atom. The molecule has 150 valence electrons. The van der Waals surface area contributed by atoms with Crippen molar-refractivity contribution < 1.29 is 14.3 Å². The highest BCUT2D eigenvalue weighted by Crippen LogP contribution is 2.24. The summed E-state index contributed by atoms with van der Waals surface area (Å²) in [6, 6.07) is 16.9. The van der Waals surface area contributed by atoms with Gasteiger partial charge < -0.3 is 15.4 Å². The lowest BCUT2D eigenvalue weighted by atomic mass is 10.1. The maximum atomic E-state index is 12.1. The largest absolute Gasteiger partial charge is 0.457 e. The second-order valence-electron chi connectivity index (χ2n) is 7.10. The van der Waals surface area contributed by atoms with E-state index in [1.165, 1.54) is 0 Å². The Hall–Kier alpha value is -2.82. The summed E-state index contributed by atoms with van der Waals surface area (Å²) in [5.74, 6) is 1.58. The van der Waals surface area contributed by atoms with Gasteiger partial charge in [0.1, 0.15) is 11.5 Å². The van der Waals surface area contributed by atoms with E-state index >= 15 is 0 Å². The molecule has 2 N–H and O–H groups in total. The van der Waals surface area contributed by atoms with E-state index in [1.54, 1.807) is 0 Å². The summed E-state index contributed by atoms with van der Waals surface area (Å²) in [6.45, 7) is 4.48. The number of amides is 2. The van der Waals surface area contributed by atoms with Crippen LogP contribution in [-0.2, 0) is 9.59 Å². The Labute approximate surface area is 167 Å². The van der Waals surface area contributed by atoms with Crippen LogP contribution in [0.15, 0.2) is 54.6 Å². The fourth-order valence-electron chi connectivity index (χ4n) is 2.67. The van der Waals surface area contributed by atoms with Crippen molar-refractivity contribution in [3.8, 4) is 11.5 Å². The molecule has 0 heterocycles. The van der Waals surface area contributed by atoms with Crippen LogP contribution in [0.25, 0.3) is 0 Å². The molecule has 28 heavy (non-hydrogen) atoms. The van der Waals surface area contributed by atoms with Gasteiger partial charge in [-0.15, -0.1) is 0 Å². The molecule has 0 aliphatic carbocycles. The predicted molar refractivity (Wildman–Crippen MR) is 113 cm³/mol. The minimum atomic E-state index is 0.00460. The lowest BCUT2D eigenvalue weighted by Crippen LogP contribution is -2.28. The first-order valence-electron chi connectivity index (χ1n) is 9.95. The monoisotopic (exact) mass is 382 g/mol. The molecular formula is C23H30N2O3. The van der Waals surface area contributed by atoms with Crippen molar-refractivity contribution in [1.29, 1.82) is 0 Å². The average molecular weight is 383 g/mol. The molecule has 2 rings (SSSR count). The fraction of sp³-hybridized carbons (Fsp3) is 0.391. The highest BCUT2D eigenvalue weighted by Gasteiger charge is 2.06. The molecule has 2 aromatic rings. The molecule has 0 spiro atoms. The summed E-state index contributed by atoms with van der Waals surface area (Å²) in [5, 5.41) is 5.83. The number of anilines is 1. The maximum absolute atomic E-state index is 12.1. The van der Waals surface area contributed by atoms with E-state index in [1.807, 2.05) is 68.4 Å². The number of benzene rings is 2. The van der Waals surface area contributed by atoms with Crippen LogP contribution in [0.4, 0.5) is 5.69 Å². The number of hydrogen-bond acceptors (Lipinski definition) is 3. The molecule has 0 saturated heterocycles. The van der Waals surface area contributed by atoms with Crippen molar-refractivity contribution >= 4 is 17.5 Å². The SMILES string of the molecule is CC(C)C(=O)NCCCCCCC(=O)Nc1cccc(Oc2ccccc2)c1. The zero-order valence-electron chi connectivity index (χ0n) is 16.7. The van der Waals surface area contributed by atoms with Gasteiger partial charge in [0.25, 0.3) is 0 Å². The summed E-state index contributed by atoms with van der Waals surface area (Å²) in [7, 11) is 0. The quantitative estimate of drug-likeness (QED) is 0.529. The zero-order valence-corrected chi connectivity index (χ0v) is 16.7. The summed E-state index contributed by atoms with van der Waals surface area (Å²) in [6.07, 6.45) is 4.25. The Kier molecular flexibility index (Phi) is 9.05. The second kappa shape index (κ2) is 11.8. The maximum Gasteiger partial charge on any atom is 0.224 e. The molecule has 0 aliphatic rings. The van der Waals surface area contributed by atoms with Crippen LogP contribution < -0.4 is 15.4 Å². The molecule has 0 aliphatic heterocycles. The second-order valence-corrected chi connectivity index (χ2v) is 7.10. The minimum absolute atomic E-state index is 0.00460. The van der Waals surface area contributed by atoms with Crippen molar-refractivity contribution in [2.45, 2.75) is 46.0 Å². The van der Waals surface area contributed by atoms with Gasteiger partial charge in [-0.2, -0.15) is 0 Å². The van der Waals surface area contributed by atoms with Crippen molar-refractivity contribution in [2.24, 2.45) is 5.92 Å². The third kappa shape index (κ3) is 8.25. The lowest BCUT2D eigenvalue weighted by Gasteiger charge is -2.09. The molecule has 0 aromatic heterocycles. The van der Waals surface area contributed by atoms with Gasteiger partial charge in [-0.05, 0) is 37.1 Å². The van der Waals surface area contributed by atoms with Gasteiger partial charge in [-0.1, -0.05) is 51.0 Å². The highest BCUT2D eigenvalue weighted by atomic mass is 16.5. The average Bonchev–Trinajstić information content (AvgIpc) is 2.68. The number of carbonyl (C=O) groups excluding carboxylic acids is 2. The number of nitrogens with one attached hydrogen (secondary N) is 2. The fourth-order valence-corrected chi connectivity index (χ4v) is 2.67. The van der Waals surface area contributed by atoms with Gasteiger partial charge in [0.15, 0.2) is 0 Å². The molecule has 0 atom stereocenters. The number of para-hydroxylation sites is 1. The first kappa shape index (κ1) is 21.5. The van der Waals surface area contributed by atoms with Crippen LogP contribution in [0.1, 0.15) is 46.0 Å². The smallest absolute Gasteiger partial charge is 0.224 e. The Balaban J connectivity index is 1.64. The first-order valence-corrected chi connectivity index (χ1v) is 9.95. The van der Waals surface area contributed by atoms with Gasteiger partial charge in [-0.3, -0.25) is 9.59 Å². The van der Waals surface area contributed by atoms with E-state index in [4.69, 9.17) is 4.74 Å². The Morgan fingerprint density at radius 3 is 2.36 bits per heavy atom. The van der Waals surface area contributed by atoms with Crippen LogP contribution in [0.3, 0.4) is 0 Å². The van der Waals surface area contributed by atoms with E-state index in [-0.39, 0.29) is 17.7 Å². The van der Waals surface area contributed by atoms with E-state index in [2.05, 4.69) is 10.6 Å². The number of unbranched alkanes of at least 4 members (excludes halogenated alkanes) is 3. The van der Waals surface area contributed by atoms with Crippen LogP contribution in [0, 0.1) is 5.92 Å². The van der Waals surface area contributed by atoms with Crippen LogP contribution in [-0.4, -0.2) is 18.4 Å². The topological polar surface area (TPSA) is 67.4 Å². The molecule has 0 bridgehead atoms. The van der Waals surface area contributed by atoms with Crippen molar-refractivity contribution in [2.75, 3.05) is 11.9 Å². The first-order chi connectivity index (χ1) is 13.5. The molecule has 0 unspecified atom stereocenters. The molecule has 0 saturated carbocycles. The third-order valence-corrected chi connectivity index (χ3v) is 4.25. The van der Waals surface area contributed by atoms with Gasteiger partial charge >= 0.3 is 0 Å². The number of hydrogen-bond donors (Lipinski definition) is 2. The molecular weight excluding hydrogens is 352 g/mol. The van der Waals surface area contributed by atoms with Crippen LogP contribution in [0.2, 0.25) is 0 Å². The van der Waals surface area contributed by atoms with Gasteiger partial charge in [0.2, 0.25) is 11.8 Å². The van der Waals surface area contributed by atoms with Crippen molar-refractivity contribution in [1.82, 2.24) is 5.32 Å². The van der Waals surface area contributed by atoms with E-state index in [0.29, 0.717) is 18.7 Å². The molecule has 5 nitrogen and oxygen atoms in total. The summed E-state index contributed by atoms with van der Waals surface area (Å²) in [4.78, 5) is 23.6. The lowest BCUT2D eigenvalue weighted by molar-refractivity contribution is -0.124. The van der Waals surface area contributed by atoms with Crippen molar-refractivity contribution in [3.05, 3.63) is 54.6 Å². The molecule has 2 aromatic carbocycles. The standard InChI is InChI=1S/C23H30N2O3/c1-18(2)23(27)24-16-9-4-3-8-15-22(26)25-19-11-10-14-21(17-19)28-20-12-6-5-7-13-20/h5-7,10-14,17-18H,3-4,8-9,15-16H2,1-2H3,(H,24,27)(H,25,26). The molecule has 0 fully saturated rings. The van der Waals surface area contributed by atoms with Gasteiger partial charge in [-0.25, -0.2) is 0 Å². The van der Waals surface area contributed by atoms with E-state index in [9.17, 15) is 9.59 Å². The number of ether oxygens (including phenoxy) is 1. The zero-order chi connectivity index (χ0) is 20.2. The Morgan fingerprint density at radius 1 is 0.893 bits per heavy atom. The molecule has 0 radical (unpaired) electrons. The van der Waals surface area contributed by atoms with Crippen LogP contribution >= 0.6 is 0 Å². The molecule has 2 amide bonds. The van der Waals surface area contributed by atoms with Gasteiger partial charge in [0, 0.05) is 30.6 Å². The summed E-state index contributed by atoms with van der Waals surface area (Å²) in [5.41, 5.74) is 0.731. The normalized spacial score (nSPS) is 10.5.